The van der Waals surface area contributed by atoms with E-state index in [0.29, 0.717) is 11.6 Å². The number of benzene rings is 1. The highest BCUT2D eigenvalue weighted by atomic mass is 16.5. The lowest BCUT2D eigenvalue weighted by Gasteiger charge is -2.33. The first-order valence-electron chi connectivity index (χ1n) is 8.04. The number of aromatic nitrogens is 1. The van der Waals surface area contributed by atoms with Crippen molar-refractivity contribution in [2.45, 2.75) is 25.8 Å². The van der Waals surface area contributed by atoms with E-state index in [-0.39, 0.29) is 5.91 Å². The first-order valence-corrected chi connectivity index (χ1v) is 8.04. The second-order valence-electron chi connectivity index (χ2n) is 6.07. The van der Waals surface area contributed by atoms with E-state index in [1.54, 1.807) is 7.11 Å². The molecule has 1 aromatic heterocycles. The lowest BCUT2D eigenvalue weighted by Crippen LogP contribution is -2.47. The molecule has 1 aliphatic rings. The Morgan fingerprint density at radius 1 is 1.39 bits per heavy atom. The predicted octanol–water partition coefficient (Wildman–Crippen LogP) is 2.38. The molecular formula is C18H23N3O2. The molecule has 1 atom stereocenters. The summed E-state index contributed by atoms with van der Waals surface area (Å²) in [4.78, 5) is 19.5. The quantitative estimate of drug-likeness (QED) is 0.945. The zero-order valence-corrected chi connectivity index (χ0v) is 13.9. The summed E-state index contributed by atoms with van der Waals surface area (Å²) in [7, 11) is 3.59. The number of ether oxygens (including phenoxy) is 1. The minimum Gasteiger partial charge on any atom is -0.497 e. The number of carbonyl (C=O) groups is 1. The molecule has 1 aromatic carbocycles. The number of aryl methyl sites for hydroxylation is 1. The van der Waals surface area contributed by atoms with Gasteiger partial charge in [-0.3, -0.25) is 9.78 Å². The van der Waals surface area contributed by atoms with Crippen LogP contribution in [0.15, 0.2) is 24.3 Å². The van der Waals surface area contributed by atoms with Crippen LogP contribution in [0.2, 0.25) is 0 Å². The van der Waals surface area contributed by atoms with E-state index < -0.39 is 0 Å². The SMILES string of the molecule is CNC1CCCN(C(=O)c2cc(C)nc3ccc(OC)cc23)C1. The lowest BCUT2D eigenvalue weighted by molar-refractivity contribution is 0.0700. The summed E-state index contributed by atoms with van der Waals surface area (Å²) >= 11 is 0. The van der Waals surface area contributed by atoms with E-state index in [2.05, 4.69) is 10.3 Å². The third-order valence-electron chi connectivity index (χ3n) is 4.49. The number of fused-ring (bicyclic) bond motifs is 1. The van der Waals surface area contributed by atoms with Gasteiger partial charge >= 0.3 is 0 Å². The molecule has 5 heteroatoms. The van der Waals surface area contributed by atoms with Crippen LogP contribution in [0.3, 0.4) is 0 Å². The first-order chi connectivity index (χ1) is 11.1. The van der Waals surface area contributed by atoms with E-state index in [1.165, 1.54) is 0 Å². The minimum absolute atomic E-state index is 0.0775. The Morgan fingerprint density at radius 3 is 2.96 bits per heavy atom. The molecule has 1 aliphatic heterocycles. The zero-order chi connectivity index (χ0) is 16.4. The van der Waals surface area contributed by atoms with E-state index >= 15 is 0 Å². The molecule has 3 rings (SSSR count). The Morgan fingerprint density at radius 2 is 2.22 bits per heavy atom. The van der Waals surface area contributed by atoms with Crippen molar-refractivity contribution in [1.82, 2.24) is 15.2 Å². The minimum atomic E-state index is 0.0775. The summed E-state index contributed by atoms with van der Waals surface area (Å²) in [6, 6.07) is 7.93. The second kappa shape index (κ2) is 6.54. The van der Waals surface area contributed by atoms with Gasteiger partial charge in [0.2, 0.25) is 0 Å². The molecule has 0 radical (unpaired) electrons. The van der Waals surface area contributed by atoms with Gasteiger partial charge in [0.05, 0.1) is 18.2 Å². The summed E-state index contributed by atoms with van der Waals surface area (Å²) in [5.74, 6) is 0.817. The molecule has 2 aromatic rings. The average molecular weight is 313 g/mol. The number of nitrogens with zero attached hydrogens (tertiary/aromatic N) is 2. The molecule has 23 heavy (non-hydrogen) atoms. The van der Waals surface area contributed by atoms with Gasteiger partial charge in [0.25, 0.3) is 5.91 Å². The number of hydrogen-bond acceptors (Lipinski definition) is 4. The van der Waals surface area contributed by atoms with Gasteiger partial charge in [-0.1, -0.05) is 0 Å². The van der Waals surface area contributed by atoms with Crippen molar-refractivity contribution in [2.75, 3.05) is 27.2 Å². The first kappa shape index (κ1) is 15.7. The fourth-order valence-corrected chi connectivity index (χ4v) is 3.21. The van der Waals surface area contributed by atoms with E-state index in [4.69, 9.17) is 4.74 Å². The van der Waals surface area contributed by atoms with E-state index in [0.717, 1.165) is 48.3 Å². The van der Waals surface area contributed by atoms with Crippen LogP contribution in [0.5, 0.6) is 5.75 Å². The van der Waals surface area contributed by atoms with Crippen LogP contribution in [0, 0.1) is 6.92 Å². The summed E-state index contributed by atoms with van der Waals surface area (Å²) in [6.45, 7) is 3.49. The van der Waals surface area contributed by atoms with Gasteiger partial charge in [0, 0.05) is 30.2 Å². The zero-order valence-electron chi connectivity index (χ0n) is 13.9. The maximum Gasteiger partial charge on any atom is 0.254 e. The highest BCUT2D eigenvalue weighted by Gasteiger charge is 2.25. The predicted molar refractivity (Wildman–Crippen MR) is 91.0 cm³/mol. The number of pyridine rings is 1. The number of methoxy groups -OCH3 is 1. The molecule has 1 unspecified atom stereocenters. The number of carbonyl (C=O) groups excluding carboxylic acids is 1. The Kier molecular flexibility index (Phi) is 4.48. The average Bonchev–Trinajstić information content (AvgIpc) is 2.60. The molecule has 0 aliphatic carbocycles. The fourth-order valence-electron chi connectivity index (χ4n) is 3.21. The van der Waals surface area contributed by atoms with Gasteiger partial charge in [0.15, 0.2) is 0 Å². The molecule has 2 heterocycles. The largest absolute Gasteiger partial charge is 0.497 e. The van der Waals surface area contributed by atoms with Crippen LogP contribution < -0.4 is 10.1 Å². The standard InChI is InChI=1S/C18H23N3O2/c1-12-9-16(15-10-14(23-3)6-7-17(15)20-12)18(22)21-8-4-5-13(11-21)19-2/h6-7,9-10,13,19H,4-5,8,11H2,1-3H3. The number of likely N-dealkylation sites (N-methyl/N-ethyl adjacent to an activating group) is 1. The highest BCUT2D eigenvalue weighted by molar-refractivity contribution is 6.06. The third-order valence-corrected chi connectivity index (χ3v) is 4.49. The van der Waals surface area contributed by atoms with Crippen LogP contribution in [0.4, 0.5) is 0 Å². The molecule has 1 N–H and O–H groups in total. The van der Waals surface area contributed by atoms with Crippen LogP contribution in [0.25, 0.3) is 10.9 Å². The fraction of sp³-hybridized carbons (Fsp3) is 0.444. The summed E-state index contributed by atoms with van der Waals surface area (Å²) in [5, 5.41) is 4.13. The molecule has 0 saturated carbocycles. The Bertz CT molecular complexity index is 730. The van der Waals surface area contributed by atoms with Crippen LogP contribution in [0.1, 0.15) is 28.9 Å². The van der Waals surface area contributed by atoms with Gasteiger partial charge in [0.1, 0.15) is 5.75 Å². The van der Waals surface area contributed by atoms with Crippen molar-refractivity contribution >= 4 is 16.8 Å². The monoisotopic (exact) mass is 313 g/mol. The van der Waals surface area contributed by atoms with Crippen molar-refractivity contribution < 1.29 is 9.53 Å². The van der Waals surface area contributed by atoms with Gasteiger partial charge in [-0.2, -0.15) is 0 Å². The molecule has 1 fully saturated rings. The smallest absolute Gasteiger partial charge is 0.254 e. The summed E-state index contributed by atoms with van der Waals surface area (Å²) < 4.78 is 5.30. The molecule has 122 valence electrons. The number of amides is 1. The molecule has 1 amide bonds. The lowest BCUT2D eigenvalue weighted by atomic mass is 10.0. The number of likely N-dealkylation sites (tertiary alicyclic amines) is 1. The number of piperidine rings is 1. The highest BCUT2D eigenvalue weighted by Crippen LogP contribution is 2.25. The van der Waals surface area contributed by atoms with Crippen molar-refractivity contribution in [3.63, 3.8) is 0 Å². The number of rotatable bonds is 3. The van der Waals surface area contributed by atoms with E-state index in [9.17, 15) is 4.79 Å². The number of nitrogens with one attached hydrogen (secondary N) is 1. The molecule has 1 saturated heterocycles. The molecule has 0 bridgehead atoms. The number of hydrogen-bond donors (Lipinski definition) is 1. The van der Waals surface area contributed by atoms with Gasteiger partial charge < -0.3 is 15.0 Å². The maximum absolute atomic E-state index is 13.1. The van der Waals surface area contributed by atoms with Gasteiger partial charge in [-0.05, 0) is 51.1 Å². The third kappa shape index (κ3) is 3.15. The molecular weight excluding hydrogens is 290 g/mol. The Balaban J connectivity index is 2.02. The summed E-state index contributed by atoms with van der Waals surface area (Å²) in [5.41, 5.74) is 2.40. The normalized spacial score (nSPS) is 18.2. The van der Waals surface area contributed by atoms with Gasteiger partial charge in [-0.25, -0.2) is 0 Å². The maximum atomic E-state index is 13.1. The van der Waals surface area contributed by atoms with E-state index in [1.807, 2.05) is 43.1 Å². The van der Waals surface area contributed by atoms with Crippen molar-refractivity contribution in [2.24, 2.45) is 0 Å². The molecule has 0 spiro atoms. The van der Waals surface area contributed by atoms with Gasteiger partial charge in [-0.15, -0.1) is 0 Å². The van der Waals surface area contributed by atoms with Crippen LogP contribution in [-0.4, -0.2) is 49.1 Å². The topological polar surface area (TPSA) is 54.5 Å². The Labute approximate surface area is 136 Å². The second-order valence-corrected chi connectivity index (χ2v) is 6.07. The van der Waals surface area contributed by atoms with Crippen molar-refractivity contribution in [3.05, 3.63) is 35.5 Å². The summed E-state index contributed by atoms with van der Waals surface area (Å²) in [6.07, 6.45) is 2.15. The molecule has 5 nitrogen and oxygen atoms in total. The van der Waals surface area contributed by atoms with Crippen LogP contribution >= 0.6 is 0 Å². The van der Waals surface area contributed by atoms with Crippen LogP contribution in [-0.2, 0) is 0 Å². The van der Waals surface area contributed by atoms with Crippen molar-refractivity contribution in [1.29, 1.82) is 0 Å². The Hall–Kier alpha value is -2.14. The van der Waals surface area contributed by atoms with Crippen molar-refractivity contribution in [3.8, 4) is 5.75 Å².